The molecule has 4 rings (SSSR count). The summed E-state index contributed by atoms with van der Waals surface area (Å²) in [7, 11) is 0. The smallest absolute Gasteiger partial charge is 0.298 e. The Morgan fingerprint density at radius 3 is 2.86 bits per heavy atom. The Hall–Kier alpha value is -2.05. The summed E-state index contributed by atoms with van der Waals surface area (Å²) in [6.07, 6.45) is 3.60. The lowest BCUT2D eigenvalue weighted by molar-refractivity contribution is 0.516. The van der Waals surface area contributed by atoms with Gasteiger partial charge in [-0.15, -0.1) is 0 Å². The first kappa shape index (κ1) is 13.6. The van der Waals surface area contributed by atoms with Crippen molar-refractivity contribution in [3.63, 3.8) is 0 Å². The summed E-state index contributed by atoms with van der Waals surface area (Å²) < 4.78 is 7.82. The van der Waals surface area contributed by atoms with Crippen molar-refractivity contribution < 1.29 is 4.42 Å². The Balaban J connectivity index is 1.90. The van der Waals surface area contributed by atoms with Crippen molar-refractivity contribution in [2.75, 3.05) is 31.1 Å². The summed E-state index contributed by atoms with van der Waals surface area (Å²) in [6, 6.07) is 4.39. The van der Waals surface area contributed by atoms with Crippen molar-refractivity contribution in [1.29, 1.82) is 0 Å². The lowest BCUT2D eigenvalue weighted by atomic mass is 10.2. The van der Waals surface area contributed by atoms with E-state index in [9.17, 15) is 0 Å². The van der Waals surface area contributed by atoms with Crippen LogP contribution in [-0.2, 0) is 0 Å². The zero-order chi connectivity index (χ0) is 15.1. The molecule has 3 heterocycles. The molecule has 0 amide bonds. The number of hydrogen-bond acceptors (Lipinski definition) is 5. The SMILES string of the molecule is Cc1c(Cl)cc(-n2cccn2)c2oc(N3CCNCC3)nc12. The minimum atomic E-state index is 0.648. The maximum Gasteiger partial charge on any atom is 0.298 e. The maximum absolute atomic E-state index is 6.36. The van der Waals surface area contributed by atoms with Gasteiger partial charge in [-0.3, -0.25) is 0 Å². The molecule has 0 radical (unpaired) electrons. The third kappa shape index (κ3) is 2.15. The molecule has 0 aliphatic carbocycles. The fourth-order valence-electron chi connectivity index (χ4n) is 2.72. The van der Waals surface area contributed by atoms with E-state index in [0.717, 1.165) is 48.5 Å². The first-order chi connectivity index (χ1) is 10.7. The summed E-state index contributed by atoms with van der Waals surface area (Å²) in [6.45, 7) is 5.60. The van der Waals surface area contributed by atoms with E-state index in [1.54, 1.807) is 10.9 Å². The summed E-state index contributed by atoms with van der Waals surface area (Å²) in [5.41, 5.74) is 3.26. The highest BCUT2D eigenvalue weighted by molar-refractivity contribution is 6.32. The lowest BCUT2D eigenvalue weighted by Gasteiger charge is -2.25. The molecule has 6 nitrogen and oxygen atoms in total. The number of oxazole rings is 1. The van der Waals surface area contributed by atoms with E-state index in [1.165, 1.54) is 0 Å². The van der Waals surface area contributed by atoms with Crippen LogP contribution in [0.1, 0.15) is 5.56 Å². The molecule has 1 saturated heterocycles. The zero-order valence-electron chi connectivity index (χ0n) is 12.2. The Labute approximate surface area is 132 Å². The Kier molecular flexibility index (Phi) is 3.28. The molecule has 1 aliphatic heterocycles. The number of halogens is 1. The van der Waals surface area contributed by atoms with Crippen molar-refractivity contribution in [2.24, 2.45) is 0 Å². The van der Waals surface area contributed by atoms with Crippen LogP contribution in [-0.4, -0.2) is 40.9 Å². The number of hydrogen-bond donors (Lipinski definition) is 1. The van der Waals surface area contributed by atoms with Gasteiger partial charge in [-0.25, -0.2) is 4.68 Å². The lowest BCUT2D eigenvalue weighted by Crippen LogP contribution is -2.43. The van der Waals surface area contributed by atoms with Gasteiger partial charge < -0.3 is 14.6 Å². The third-order valence-corrected chi connectivity index (χ3v) is 4.36. The molecular weight excluding hydrogens is 302 g/mol. The van der Waals surface area contributed by atoms with E-state index in [2.05, 4.69) is 20.3 Å². The molecule has 1 aromatic carbocycles. The normalized spacial score (nSPS) is 15.6. The first-order valence-corrected chi connectivity index (χ1v) is 7.67. The van der Waals surface area contributed by atoms with Gasteiger partial charge in [0.15, 0.2) is 5.58 Å². The molecule has 1 N–H and O–H groups in total. The number of aryl methyl sites for hydroxylation is 1. The van der Waals surface area contributed by atoms with Crippen LogP contribution in [0, 0.1) is 6.92 Å². The van der Waals surface area contributed by atoms with Crippen LogP contribution in [0.15, 0.2) is 28.9 Å². The van der Waals surface area contributed by atoms with Crippen molar-refractivity contribution in [2.45, 2.75) is 6.92 Å². The number of nitrogens with one attached hydrogen (secondary N) is 1. The highest BCUT2D eigenvalue weighted by Gasteiger charge is 2.21. The molecular formula is C15H16ClN5O. The van der Waals surface area contributed by atoms with Crippen LogP contribution < -0.4 is 10.2 Å². The number of aromatic nitrogens is 3. The predicted octanol–water partition coefficient (Wildman–Crippen LogP) is 2.38. The highest BCUT2D eigenvalue weighted by Crippen LogP contribution is 2.33. The van der Waals surface area contributed by atoms with Gasteiger partial charge >= 0.3 is 0 Å². The second-order valence-electron chi connectivity index (χ2n) is 5.36. The third-order valence-electron chi connectivity index (χ3n) is 3.96. The van der Waals surface area contributed by atoms with Crippen LogP contribution in [0.25, 0.3) is 16.8 Å². The Bertz CT molecular complexity index is 805. The van der Waals surface area contributed by atoms with Gasteiger partial charge in [0.05, 0.1) is 0 Å². The van der Waals surface area contributed by atoms with E-state index in [0.29, 0.717) is 11.0 Å². The summed E-state index contributed by atoms with van der Waals surface area (Å²) >= 11 is 6.36. The molecule has 0 bridgehead atoms. The van der Waals surface area contributed by atoms with Crippen LogP contribution in [0.2, 0.25) is 5.02 Å². The fourth-order valence-corrected chi connectivity index (χ4v) is 2.91. The molecule has 1 aliphatic rings. The van der Waals surface area contributed by atoms with Gasteiger partial charge in [-0.2, -0.15) is 10.1 Å². The molecule has 22 heavy (non-hydrogen) atoms. The fraction of sp³-hybridized carbons (Fsp3) is 0.333. The van der Waals surface area contributed by atoms with Crippen LogP contribution >= 0.6 is 11.6 Å². The average molecular weight is 318 g/mol. The summed E-state index contributed by atoms with van der Waals surface area (Å²) in [5, 5.41) is 8.27. The molecule has 0 saturated carbocycles. The van der Waals surface area contributed by atoms with Crippen molar-refractivity contribution in [3.8, 4) is 5.69 Å². The minimum absolute atomic E-state index is 0.648. The average Bonchev–Trinajstić information content (AvgIpc) is 3.21. The monoisotopic (exact) mass is 317 g/mol. The van der Waals surface area contributed by atoms with Gasteiger partial charge in [-0.05, 0) is 24.6 Å². The number of rotatable bonds is 2. The molecule has 0 unspecified atom stereocenters. The van der Waals surface area contributed by atoms with Crippen molar-refractivity contribution in [1.82, 2.24) is 20.1 Å². The van der Waals surface area contributed by atoms with E-state index in [4.69, 9.17) is 16.0 Å². The molecule has 2 aromatic heterocycles. The minimum Gasteiger partial charge on any atom is -0.421 e. The number of benzene rings is 1. The number of fused-ring (bicyclic) bond motifs is 1. The van der Waals surface area contributed by atoms with E-state index in [1.807, 2.05) is 25.3 Å². The molecule has 0 spiro atoms. The van der Waals surface area contributed by atoms with Crippen molar-refractivity contribution in [3.05, 3.63) is 35.1 Å². The number of nitrogens with zero attached hydrogens (tertiary/aromatic N) is 4. The van der Waals surface area contributed by atoms with Crippen molar-refractivity contribution >= 4 is 28.7 Å². The number of piperazine rings is 1. The zero-order valence-corrected chi connectivity index (χ0v) is 13.0. The van der Waals surface area contributed by atoms with E-state index < -0.39 is 0 Å². The van der Waals surface area contributed by atoms with E-state index >= 15 is 0 Å². The first-order valence-electron chi connectivity index (χ1n) is 7.29. The second-order valence-corrected chi connectivity index (χ2v) is 5.77. The molecule has 1 fully saturated rings. The van der Waals surface area contributed by atoms with Gasteiger partial charge in [-0.1, -0.05) is 11.6 Å². The molecule has 7 heteroatoms. The maximum atomic E-state index is 6.36. The quantitative estimate of drug-likeness (QED) is 0.786. The van der Waals surface area contributed by atoms with Crippen LogP contribution in [0.3, 0.4) is 0 Å². The second kappa shape index (κ2) is 5.30. The largest absolute Gasteiger partial charge is 0.421 e. The molecule has 114 valence electrons. The highest BCUT2D eigenvalue weighted by atomic mass is 35.5. The topological polar surface area (TPSA) is 59.1 Å². The van der Waals surface area contributed by atoms with Crippen LogP contribution in [0.4, 0.5) is 6.01 Å². The standard InChI is InChI=1S/C15H16ClN5O/c1-10-11(16)9-12(21-6-2-3-18-21)14-13(10)19-15(22-14)20-7-4-17-5-8-20/h2-3,6,9,17H,4-5,7-8H2,1H3. The van der Waals surface area contributed by atoms with Crippen LogP contribution in [0.5, 0.6) is 0 Å². The Morgan fingerprint density at radius 1 is 1.32 bits per heavy atom. The predicted molar refractivity (Wildman–Crippen MR) is 86.0 cm³/mol. The molecule has 3 aromatic rings. The van der Waals surface area contributed by atoms with Gasteiger partial charge in [0.1, 0.15) is 11.2 Å². The van der Waals surface area contributed by atoms with Gasteiger partial charge in [0.25, 0.3) is 6.01 Å². The van der Waals surface area contributed by atoms with E-state index in [-0.39, 0.29) is 0 Å². The summed E-state index contributed by atoms with van der Waals surface area (Å²) in [4.78, 5) is 6.82. The van der Waals surface area contributed by atoms with Gasteiger partial charge in [0, 0.05) is 43.6 Å². The van der Waals surface area contributed by atoms with Gasteiger partial charge in [0.2, 0.25) is 0 Å². The number of anilines is 1. The summed E-state index contributed by atoms with van der Waals surface area (Å²) in [5.74, 6) is 0. The molecule has 0 atom stereocenters. The Morgan fingerprint density at radius 2 is 2.14 bits per heavy atom.